The molecule has 7 heteroatoms. The van der Waals surface area contributed by atoms with Crippen LogP contribution in [0.1, 0.15) is 11.6 Å². The van der Waals surface area contributed by atoms with E-state index in [1.54, 1.807) is 4.90 Å². The van der Waals surface area contributed by atoms with Crippen LogP contribution in [0, 0.1) is 0 Å². The number of halogens is 3. The quantitative estimate of drug-likeness (QED) is 0.791. The Balaban J connectivity index is 2.42. The van der Waals surface area contributed by atoms with Crippen LogP contribution in [0.25, 0.3) is 0 Å². The smallest absolute Gasteiger partial charge is 0.290 e. The normalized spacial score (nSPS) is 19.0. The number of hydrogen-bond acceptors (Lipinski definition) is 4. The summed E-state index contributed by atoms with van der Waals surface area (Å²) in [4.78, 5) is 1.55. The third-order valence-corrected chi connectivity index (χ3v) is 3.65. The molecule has 1 fully saturated rings. The molecule has 112 valence electrons. The van der Waals surface area contributed by atoms with Crippen molar-refractivity contribution in [1.29, 1.82) is 0 Å². The van der Waals surface area contributed by atoms with Crippen molar-refractivity contribution in [1.82, 2.24) is 10.2 Å². The van der Waals surface area contributed by atoms with E-state index in [9.17, 15) is 13.9 Å². The Morgan fingerprint density at radius 2 is 2.00 bits per heavy atom. The van der Waals surface area contributed by atoms with E-state index < -0.39 is 18.6 Å². The summed E-state index contributed by atoms with van der Waals surface area (Å²) in [7, 11) is 0. The highest BCUT2D eigenvalue weighted by Gasteiger charge is 2.45. The first-order valence-electron chi connectivity index (χ1n) is 6.37. The van der Waals surface area contributed by atoms with Gasteiger partial charge in [0, 0.05) is 36.8 Å². The zero-order chi connectivity index (χ0) is 14.8. The number of rotatable bonds is 4. The lowest BCUT2D eigenvalue weighted by Gasteiger charge is -2.39. The summed E-state index contributed by atoms with van der Waals surface area (Å²) in [5, 5.41) is 22.2. The third-order valence-electron chi connectivity index (χ3n) is 3.41. The molecule has 1 aromatic carbocycles. The predicted molar refractivity (Wildman–Crippen MR) is 72.3 cm³/mol. The van der Waals surface area contributed by atoms with E-state index in [0.29, 0.717) is 26.2 Å². The second kappa shape index (κ2) is 6.22. The van der Waals surface area contributed by atoms with Crippen molar-refractivity contribution in [3.05, 3.63) is 28.8 Å². The molecule has 1 aliphatic rings. The summed E-state index contributed by atoms with van der Waals surface area (Å²) < 4.78 is 28.3. The van der Waals surface area contributed by atoms with Crippen molar-refractivity contribution < 1.29 is 19.0 Å². The van der Waals surface area contributed by atoms with Gasteiger partial charge in [-0.25, -0.2) is 8.78 Å². The average molecular weight is 307 g/mol. The van der Waals surface area contributed by atoms with Crippen LogP contribution in [0.2, 0.25) is 5.02 Å². The van der Waals surface area contributed by atoms with E-state index in [1.807, 2.05) is 0 Å². The number of aliphatic hydroxyl groups is 1. The number of piperazine rings is 1. The van der Waals surface area contributed by atoms with Gasteiger partial charge in [-0.05, 0) is 18.2 Å². The van der Waals surface area contributed by atoms with Gasteiger partial charge in [-0.15, -0.1) is 0 Å². The van der Waals surface area contributed by atoms with Gasteiger partial charge in [0.2, 0.25) is 0 Å². The molecule has 0 saturated carbocycles. The van der Waals surface area contributed by atoms with Crippen LogP contribution in [0.3, 0.4) is 0 Å². The minimum atomic E-state index is -3.36. The Hall–Kier alpha value is -0.950. The zero-order valence-corrected chi connectivity index (χ0v) is 11.6. The van der Waals surface area contributed by atoms with Gasteiger partial charge in [0.15, 0.2) is 0 Å². The van der Waals surface area contributed by atoms with Crippen LogP contribution in [0.5, 0.6) is 5.75 Å². The second-order valence-electron chi connectivity index (χ2n) is 4.81. The average Bonchev–Trinajstić information content (AvgIpc) is 2.44. The van der Waals surface area contributed by atoms with Crippen LogP contribution in [0.15, 0.2) is 18.2 Å². The molecule has 0 amide bonds. The molecule has 1 aliphatic heterocycles. The summed E-state index contributed by atoms with van der Waals surface area (Å²) in [5.74, 6) is -3.61. The molecule has 3 N–H and O–H groups in total. The number of aliphatic hydroxyl groups excluding tert-OH is 1. The van der Waals surface area contributed by atoms with Crippen molar-refractivity contribution in [3.63, 3.8) is 0 Å². The summed E-state index contributed by atoms with van der Waals surface area (Å²) in [6.45, 7) is 0.699. The van der Waals surface area contributed by atoms with Crippen LogP contribution in [-0.2, 0) is 0 Å². The number of phenolic OH excluding ortho intramolecular Hbond substituents is 1. The van der Waals surface area contributed by atoms with Gasteiger partial charge in [-0.2, -0.15) is 0 Å². The maximum atomic E-state index is 14.1. The molecule has 0 aromatic heterocycles. The highest BCUT2D eigenvalue weighted by molar-refractivity contribution is 6.30. The molecular formula is C13H17ClF2N2O2. The van der Waals surface area contributed by atoms with Gasteiger partial charge in [0.25, 0.3) is 5.92 Å². The zero-order valence-electron chi connectivity index (χ0n) is 10.8. The van der Waals surface area contributed by atoms with Crippen molar-refractivity contribution >= 4 is 11.6 Å². The van der Waals surface area contributed by atoms with Crippen molar-refractivity contribution in [2.24, 2.45) is 0 Å². The predicted octanol–water partition coefficient (Wildman–Crippen LogP) is 1.62. The lowest BCUT2D eigenvalue weighted by molar-refractivity contribution is -0.119. The van der Waals surface area contributed by atoms with Gasteiger partial charge in [-0.1, -0.05) is 11.6 Å². The topological polar surface area (TPSA) is 55.7 Å². The van der Waals surface area contributed by atoms with Crippen LogP contribution < -0.4 is 5.32 Å². The first kappa shape index (κ1) is 15.4. The van der Waals surface area contributed by atoms with Crippen LogP contribution >= 0.6 is 11.6 Å². The Morgan fingerprint density at radius 3 is 2.60 bits per heavy atom. The summed E-state index contributed by atoms with van der Waals surface area (Å²) in [5.41, 5.74) is 0.0402. The van der Waals surface area contributed by atoms with E-state index in [4.69, 9.17) is 16.7 Å². The minimum Gasteiger partial charge on any atom is -0.508 e. The summed E-state index contributed by atoms with van der Waals surface area (Å²) >= 11 is 5.84. The number of nitrogens with zero attached hydrogens (tertiary/aromatic N) is 1. The molecule has 0 bridgehead atoms. The molecule has 0 unspecified atom stereocenters. The lowest BCUT2D eigenvalue weighted by Crippen LogP contribution is -2.51. The Kier molecular flexibility index (Phi) is 4.80. The van der Waals surface area contributed by atoms with E-state index in [2.05, 4.69) is 5.32 Å². The Labute approximate surface area is 121 Å². The van der Waals surface area contributed by atoms with E-state index in [0.717, 1.165) is 0 Å². The lowest BCUT2D eigenvalue weighted by atomic mass is 9.97. The molecular weight excluding hydrogens is 290 g/mol. The third kappa shape index (κ3) is 3.20. The fourth-order valence-corrected chi connectivity index (χ4v) is 2.64. The molecule has 0 aliphatic carbocycles. The molecule has 1 heterocycles. The fourth-order valence-electron chi connectivity index (χ4n) is 2.46. The van der Waals surface area contributed by atoms with Crippen molar-refractivity contribution in [3.8, 4) is 5.75 Å². The SMILES string of the molecule is OCC(F)(F)[C@@H](c1cc(Cl)ccc1O)N1CCNCC1. The first-order chi connectivity index (χ1) is 9.45. The highest BCUT2D eigenvalue weighted by Crippen LogP contribution is 2.41. The molecule has 20 heavy (non-hydrogen) atoms. The number of alkyl halides is 2. The summed E-state index contributed by atoms with van der Waals surface area (Å²) in [6, 6.07) is 2.66. The van der Waals surface area contributed by atoms with Crippen molar-refractivity contribution in [2.45, 2.75) is 12.0 Å². The van der Waals surface area contributed by atoms with Gasteiger partial charge in [0.05, 0.1) is 0 Å². The van der Waals surface area contributed by atoms with E-state index >= 15 is 0 Å². The summed E-state index contributed by atoms with van der Waals surface area (Å²) in [6.07, 6.45) is 0. The van der Waals surface area contributed by atoms with Gasteiger partial charge < -0.3 is 15.5 Å². The van der Waals surface area contributed by atoms with E-state index in [-0.39, 0.29) is 16.3 Å². The largest absolute Gasteiger partial charge is 0.508 e. The fraction of sp³-hybridized carbons (Fsp3) is 0.538. The second-order valence-corrected chi connectivity index (χ2v) is 5.25. The first-order valence-corrected chi connectivity index (χ1v) is 6.75. The number of nitrogens with one attached hydrogen (secondary N) is 1. The Morgan fingerprint density at radius 1 is 1.35 bits per heavy atom. The van der Waals surface area contributed by atoms with Crippen LogP contribution in [-0.4, -0.2) is 53.8 Å². The van der Waals surface area contributed by atoms with Gasteiger partial charge in [0.1, 0.15) is 18.4 Å². The van der Waals surface area contributed by atoms with Crippen molar-refractivity contribution in [2.75, 3.05) is 32.8 Å². The number of hydrogen-bond donors (Lipinski definition) is 3. The number of aromatic hydroxyl groups is 1. The minimum absolute atomic E-state index is 0.0402. The van der Waals surface area contributed by atoms with E-state index in [1.165, 1.54) is 18.2 Å². The molecule has 2 rings (SSSR count). The number of benzene rings is 1. The van der Waals surface area contributed by atoms with Gasteiger partial charge >= 0.3 is 0 Å². The molecule has 1 atom stereocenters. The standard InChI is InChI=1S/C13H17ClF2N2O2/c14-9-1-2-11(20)10(7-9)12(13(15,16)8-19)18-5-3-17-4-6-18/h1-2,7,12,17,19-20H,3-6,8H2/t12-/m1/s1. The maximum Gasteiger partial charge on any atom is 0.290 e. The molecule has 4 nitrogen and oxygen atoms in total. The number of phenols is 1. The molecule has 0 spiro atoms. The molecule has 1 aromatic rings. The maximum absolute atomic E-state index is 14.1. The highest BCUT2D eigenvalue weighted by atomic mass is 35.5. The van der Waals surface area contributed by atoms with Crippen LogP contribution in [0.4, 0.5) is 8.78 Å². The van der Waals surface area contributed by atoms with Gasteiger partial charge in [-0.3, -0.25) is 4.90 Å². The molecule has 0 radical (unpaired) electrons. The Bertz CT molecular complexity index is 468. The molecule has 1 saturated heterocycles. The monoisotopic (exact) mass is 306 g/mol.